The molecule has 19 heavy (non-hydrogen) atoms. The fourth-order valence-corrected chi connectivity index (χ4v) is 1.97. The maximum Gasteiger partial charge on any atom is 0.303 e. The summed E-state index contributed by atoms with van der Waals surface area (Å²) in [5, 5.41) is 13.6. The second-order valence-electron chi connectivity index (χ2n) is 4.31. The van der Waals surface area contributed by atoms with Gasteiger partial charge in [0, 0.05) is 11.4 Å². The van der Waals surface area contributed by atoms with Gasteiger partial charge in [-0.05, 0) is 31.5 Å². The zero-order valence-electron chi connectivity index (χ0n) is 10.7. The topological polar surface area (TPSA) is 68.0 Å². The number of carboxylic acid groups (broad SMARTS) is 1. The Balaban J connectivity index is 2.34. The molecule has 0 spiro atoms. The molecule has 0 unspecified atom stereocenters. The van der Waals surface area contributed by atoms with Gasteiger partial charge in [-0.1, -0.05) is 17.7 Å². The third-order valence-corrected chi connectivity index (χ3v) is 3.01. The van der Waals surface area contributed by atoms with E-state index in [9.17, 15) is 4.79 Å². The highest BCUT2D eigenvalue weighted by Gasteiger charge is 2.11. The number of aryl methyl sites for hydroxylation is 3. The van der Waals surface area contributed by atoms with Crippen LogP contribution < -0.4 is 0 Å². The fraction of sp³-hybridized carbons (Fsp3) is 0.308. The van der Waals surface area contributed by atoms with Gasteiger partial charge in [-0.15, -0.1) is 0 Å². The number of halogens is 1. The van der Waals surface area contributed by atoms with Crippen molar-refractivity contribution >= 4 is 17.6 Å². The molecule has 2 rings (SSSR count). The SMILES string of the molecule is Cc1ccc(Cl)cc1-n1nc(CCC(=O)O)nc1C. The maximum absolute atomic E-state index is 10.6. The Bertz CT molecular complexity index is 622. The van der Waals surface area contributed by atoms with Gasteiger partial charge in [0.1, 0.15) is 5.82 Å². The standard InChI is InChI=1S/C13H14ClN3O2/c1-8-3-4-10(14)7-11(8)17-9(2)15-12(16-17)5-6-13(18)19/h3-4,7H,5-6H2,1-2H3,(H,18,19). The first-order valence-corrected chi connectivity index (χ1v) is 6.26. The number of rotatable bonds is 4. The van der Waals surface area contributed by atoms with E-state index < -0.39 is 5.97 Å². The number of aromatic nitrogens is 3. The molecule has 100 valence electrons. The Kier molecular flexibility index (Phi) is 3.85. The fourth-order valence-electron chi connectivity index (χ4n) is 1.81. The van der Waals surface area contributed by atoms with Gasteiger partial charge in [-0.2, -0.15) is 5.10 Å². The zero-order valence-corrected chi connectivity index (χ0v) is 11.5. The summed E-state index contributed by atoms with van der Waals surface area (Å²) >= 11 is 5.99. The van der Waals surface area contributed by atoms with Crippen LogP contribution in [0.5, 0.6) is 0 Å². The van der Waals surface area contributed by atoms with E-state index in [0.717, 1.165) is 11.3 Å². The molecule has 1 aromatic heterocycles. The van der Waals surface area contributed by atoms with Crippen LogP contribution >= 0.6 is 11.6 Å². The lowest BCUT2D eigenvalue weighted by atomic mass is 10.2. The van der Waals surface area contributed by atoms with Crippen LogP contribution in [-0.4, -0.2) is 25.8 Å². The number of nitrogens with zero attached hydrogens (tertiary/aromatic N) is 3. The predicted octanol–water partition coefficient (Wildman–Crippen LogP) is 2.55. The number of hydrogen-bond acceptors (Lipinski definition) is 3. The number of carbonyl (C=O) groups is 1. The second kappa shape index (κ2) is 5.40. The lowest BCUT2D eigenvalue weighted by Gasteiger charge is -2.07. The van der Waals surface area contributed by atoms with E-state index in [1.54, 1.807) is 4.68 Å². The average molecular weight is 280 g/mol. The molecule has 0 atom stereocenters. The van der Waals surface area contributed by atoms with Crippen molar-refractivity contribution in [2.75, 3.05) is 0 Å². The van der Waals surface area contributed by atoms with E-state index in [-0.39, 0.29) is 6.42 Å². The van der Waals surface area contributed by atoms with Gasteiger partial charge in [0.25, 0.3) is 0 Å². The molecule has 0 amide bonds. The quantitative estimate of drug-likeness (QED) is 0.934. The van der Waals surface area contributed by atoms with E-state index in [1.165, 1.54) is 0 Å². The summed E-state index contributed by atoms with van der Waals surface area (Å²) in [6.45, 7) is 3.79. The molecule has 0 bridgehead atoms. The highest BCUT2D eigenvalue weighted by atomic mass is 35.5. The van der Waals surface area contributed by atoms with Crippen LogP contribution in [0.25, 0.3) is 5.69 Å². The monoisotopic (exact) mass is 279 g/mol. The summed E-state index contributed by atoms with van der Waals surface area (Å²) < 4.78 is 1.69. The van der Waals surface area contributed by atoms with Crippen molar-refractivity contribution in [1.82, 2.24) is 14.8 Å². The van der Waals surface area contributed by atoms with E-state index in [0.29, 0.717) is 23.1 Å². The number of benzene rings is 1. The van der Waals surface area contributed by atoms with E-state index in [4.69, 9.17) is 16.7 Å². The molecule has 1 N–H and O–H groups in total. The van der Waals surface area contributed by atoms with Crippen LogP contribution in [0.1, 0.15) is 23.6 Å². The Hall–Kier alpha value is -1.88. The van der Waals surface area contributed by atoms with Gasteiger partial charge in [-0.3, -0.25) is 4.79 Å². The number of aliphatic carboxylic acids is 1. The minimum absolute atomic E-state index is 0.0258. The van der Waals surface area contributed by atoms with Gasteiger partial charge < -0.3 is 5.11 Å². The molecule has 1 heterocycles. The Labute approximate surface area is 115 Å². The molecule has 0 saturated heterocycles. The molecule has 0 aliphatic rings. The molecule has 0 saturated carbocycles. The normalized spacial score (nSPS) is 10.7. The highest BCUT2D eigenvalue weighted by Crippen LogP contribution is 2.20. The lowest BCUT2D eigenvalue weighted by Crippen LogP contribution is -2.03. The van der Waals surface area contributed by atoms with Gasteiger partial charge in [-0.25, -0.2) is 9.67 Å². The zero-order chi connectivity index (χ0) is 14.0. The average Bonchev–Trinajstić information content (AvgIpc) is 2.71. The molecule has 5 nitrogen and oxygen atoms in total. The van der Waals surface area contributed by atoms with E-state index in [1.807, 2.05) is 32.0 Å². The molecule has 0 fully saturated rings. The minimum atomic E-state index is -0.854. The molecule has 6 heteroatoms. The first-order valence-electron chi connectivity index (χ1n) is 5.88. The summed E-state index contributed by atoms with van der Waals surface area (Å²) in [5.41, 5.74) is 1.89. The maximum atomic E-state index is 10.6. The van der Waals surface area contributed by atoms with Crippen LogP contribution in [0.2, 0.25) is 5.02 Å². The van der Waals surface area contributed by atoms with Crippen molar-refractivity contribution in [2.45, 2.75) is 26.7 Å². The van der Waals surface area contributed by atoms with Crippen molar-refractivity contribution in [1.29, 1.82) is 0 Å². The Morgan fingerprint density at radius 2 is 2.16 bits per heavy atom. The molecule has 2 aromatic rings. The molecule has 1 aromatic carbocycles. The van der Waals surface area contributed by atoms with Crippen molar-refractivity contribution < 1.29 is 9.90 Å². The van der Waals surface area contributed by atoms with Gasteiger partial charge in [0.05, 0.1) is 12.1 Å². The molecule has 0 radical (unpaired) electrons. The lowest BCUT2D eigenvalue weighted by molar-refractivity contribution is -0.137. The van der Waals surface area contributed by atoms with Crippen LogP contribution in [-0.2, 0) is 11.2 Å². The van der Waals surface area contributed by atoms with E-state index in [2.05, 4.69) is 10.1 Å². The van der Waals surface area contributed by atoms with Crippen molar-refractivity contribution in [3.8, 4) is 5.69 Å². The van der Waals surface area contributed by atoms with Crippen molar-refractivity contribution in [3.05, 3.63) is 40.4 Å². The Morgan fingerprint density at radius 1 is 1.42 bits per heavy atom. The Morgan fingerprint density at radius 3 is 2.84 bits per heavy atom. The first kappa shape index (κ1) is 13.5. The van der Waals surface area contributed by atoms with Crippen molar-refractivity contribution in [2.24, 2.45) is 0 Å². The molecule has 0 aliphatic heterocycles. The summed E-state index contributed by atoms with van der Waals surface area (Å²) in [6, 6.07) is 5.55. The summed E-state index contributed by atoms with van der Waals surface area (Å²) in [6.07, 6.45) is 0.348. The largest absolute Gasteiger partial charge is 0.481 e. The smallest absolute Gasteiger partial charge is 0.303 e. The number of hydrogen-bond donors (Lipinski definition) is 1. The van der Waals surface area contributed by atoms with Crippen LogP contribution in [0.3, 0.4) is 0 Å². The highest BCUT2D eigenvalue weighted by molar-refractivity contribution is 6.30. The summed E-state index contributed by atoms with van der Waals surface area (Å²) in [5.74, 6) is 0.387. The van der Waals surface area contributed by atoms with Crippen LogP contribution in [0.15, 0.2) is 18.2 Å². The minimum Gasteiger partial charge on any atom is -0.481 e. The molecule has 0 aliphatic carbocycles. The second-order valence-corrected chi connectivity index (χ2v) is 4.75. The summed E-state index contributed by atoms with van der Waals surface area (Å²) in [4.78, 5) is 14.8. The predicted molar refractivity (Wildman–Crippen MR) is 71.8 cm³/mol. The van der Waals surface area contributed by atoms with Crippen LogP contribution in [0.4, 0.5) is 0 Å². The third kappa shape index (κ3) is 3.12. The van der Waals surface area contributed by atoms with Crippen molar-refractivity contribution in [3.63, 3.8) is 0 Å². The van der Waals surface area contributed by atoms with Gasteiger partial charge in [0.15, 0.2) is 5.82 Å². The van der Waals surface area contributed by atoms with Gasteiger partial charge >= 0.3 is 5.97 Å². The van der Waals surface area contributed by atoms with E-state index >= 15 is 0 Å². The third-order valence-electron chi connectivity index (χ3n) is 2.77. The number of carboxylic acids is 1. The molecular formula is C13H14ClN3O2. The first-order chi connectivity index (χ1) is 8.97. The summed E-state index contributed by atoms with van der Waals surface area (Å²) in [7, 11) is 0. The van der Waals surface area contributed by atoms with Crippen LogP contribution in [0, 0.1) is 13.8 Å². The molecular weight excluding hydrogens is 266 g/mol. The van der Waals surface area contributed by atoms with Gasteiger partial charge in [0.2, 0.25) is 0 Å².